The van der Waals surface area contributed by atoms with Crippen LogP contribution in [0.4, 0.5) is 4.39 Å². The van der Waals surface area contributed by atoms with Gasteiger partial charge in [0.05, 0.1) is 0 Å². The topological polar surface area (TPSA) is 72.8 Å². The van der Waals surface area contributed by atoms with E-state index in [1.165, 1.54) is 31.4 Å². The first-order valence-electron chi connectivity index (χ1n) is 9.83. The number of carboxylic acid groups (broad SMARTS) is 1. The number of carbonyl (C=O) groups is 2. The molecule has 6 heteroatoms. The third-order valence-corrected chi connectivity index (χ3v) is 4.70. The van der Waals surface area contributed by atoms with Crippen molar-refractivity contribution in [2.45, 2.75) is 12.5 Å². The normalized spacial score (nSPS) is 11.2. The molecule has 0 radical (unpaired) electrons. The van der Waals surface area contributed by atoms with Crippen molar-refractivity contribution in [2.24, 2.45) is 0 Å². The summed E-state index contributed by atoms with van der Waals surface area (Å²) in [6.07, 6.45) is -0.597. The Labute approximate surface area is 185 Å². The average molecular weight is 432 g/mol. The van der Waals surface area contributed by atoms with Gasteiger partial charge in [-0.25, -0.2) is 9.18 Å². The van der Waals surface area contributed by atoms with Gasteiger partial charge in [-0.3, -0.25) is 4.79 Å². The summed E-state index contributed by atoms with van der Waals surface area (Å²) in [7, 11) is 1.37. The molecule has 0 saturated carbocycles. The highest BCUT2D eigenvalue weighted by Crippen LogP contribution is 2.16. The summed E-state index contributed by atoms with van der Waals surface area (Å²) in [5.41, 5.74) is 2.52. The molecule has 0 saturated heterocycles. The SMILES string of the molecule is CO[C@@H](Cc1ccc(C#CCOc2ccc(C(=O)c3ccc(F)cc3)cc2)cc1)C(=O)O. The zero-order valence-electron chi connectivity index (χ0n) is 17.4. The quantitative estimate of drug-likeness (QED) is 0.428. The molecule has 0 fully saturated rings. The van der Waals surface area contributed by atoms with Crippen molar-refractivity contribution in [3.8, 4) is 17.6 Å². The molecule has 3 rings (SSSR count). The summed E-state index contributed by atoms with van der Waals surface area (Å²) in [6, 6.07) is 19.3. The smallest absolute Gasteiger partial charge is 0.333 e. The standard InChI is InChI=1S/C26H21FO5/c1-31-24(26(29)30)17-19-6-4-18(5-7-19)3-2-16-32-23-14-10-21(11-15-23)25(28)20-8-12-22(27)13-9-20/h4-15,24H,16-17H2,1H3,(H,29,30)/t24-/m0/s1. The maximum Gasteiger partial charge on any atom is 0.333 e. The number of benzene rings is 3. The van der Waals surface area contributed by atoms with Crippen LogP contribution in [0.15, 0.2) is 72.8 Å². The molecule has 0 amide bonds. The Bertz CT molecular complexity index is 1120. The second kappa shape index (κ2) is 10.9. The van der Waals surface area contributed by atoms with Crippen LogP contribution < -0.4 is 4.74 Å². The second-order valence-electron chi connectivity index (χ2n) is 6.91. The van der Waals surface area contributed by atoms with E-state index in [1.807, 2.05) is 24.3 Å². The number of hydrogen-bond acceptors (Lipinski definition) is 4. The Kier molecular flexibility index (Phi) is 7.74. The van der Waals surface area contributed by atoms with Gasteiger partial charge in [-0.15, -0.1) is 0 Å². The molecule has 0 aliphatic heterocycles. The maximum absolute atomic E-state index is 13.0. The van der Waals surface area contributed by atoms with E-state index in [2.05, 4.69) is 11.8 Å². The molecule has 162 valence electrons. The molecule has 3 aromatic rings. The summed E-state index contributed by atoms with van der Waals surface area (Å²) in [5.74, 6) is 4.89. The Morgan fingerprint density at radius 3 is 2.09 bits per heavy atom. The lowest BCUT2D eigenvalue weighted by atomic mass is 10.0. The Hall–Kier alpha value is -3.95. The van der Waals surface area contributed by atoms with E-state index in [9.17, 15) is 14.0 Å². The molecule has 1 N–H and O–H groups in total. The van der Waals surface area contributed by atoms with Gasteiger partial charge in [0.2, 0.25) is 0 Å². The summed E-state index contributed by atoms with van der Waals surface area (Å²) in [5, 5.41) is 9.04. The van der Waals surface area contributed by atoms with Gasteiger partial charge in [0.1, 0.15) is 18.2 Å². The average Bonchev–Trinajstić information content (AvgIpc) is 2.81. The Morgan fingerprint density at radius 1 is 0.938 bits per heavy atom. The van der Waals surface area contributed by atoms with Gasteiger partial charge in [0.25, 0.3) is 0 Å². The summed E-state index contributed by atoms with van der Waals surface area (Å²) in [6.45, 7) is 0.164. The molecule has 0 aliphatic rings. The molecule has 1 atom stereocenters. The minimum atomic E-state index is -0.999. The number of ether oxygens (including phenoxy) is 2. The molecule has 32 heavy (non-hydrogen) atoms. The van der Waals surface area contributed by atoms with Gasteiger partial charge in [-0.2, -0.15) is 0 Å². The fourth-order valence-corrected chi connectivity index (χ4v) is 2.94. The van der Waals surface area contributed by atoms with Crippen molar-refractivity contribution in [3.05, 3.63) is 101 Å². The van der Waals surface area contributed by atoms with Crippen LogP contribution in [0, 0.1) is 17.7 Å². The summed E-state index contributed by atoms with van der Waals surface area (Å²) >= 11 is 0. The number of carboxylic acids is 1. The number of carbonyl (C=O) groups excluding carboxylic acids is 1. The predicted octanol–water partition coefficient (Wildman–Crippen LogP) is 4.13. The van der Waals surface area contributed by atoms with Crippen molar-refractivity contribution in [3.63, 3.8) is 0 Å². The molecule has 0 unspecified atom stereocenters. The van der Waals surface area contributed by atoms with Gasteiger partial charge >= 0.3 is 5.97 Å². The summed E-state index contributed by atoms with van der Waals surface area (Å²) in [4.78, 5) is 23.4. The van der Waals surface area contributed by atoms with Crippen molar-refractivity contribution >= 4 is 11.8 Å². The van der Waals surface area contributed by atoms with E-state index in [1.54, 1.807) is 24.3 Å². The highest BCUT2D eigenvalue weighted by Gasteiger charge is 2.16. The summed E-state index contributed by atoms with van der Waals surface area (Å²) < 4.78 is 23.5. The molecule has 0 spiro atoms. The molecular weight excluding hydrogens is 411 g/mol. The Morgan fingerprint density at radius 2 is 1.53 bits per heavy atom. The van der Waals surface area contributed by atoms with Crippen LogP contribution in [0.3, 0.4) is 0 Å². The lowest BCUT2D eigenvalue weighted by Crippen LogP contribution is -2.24. The van der Waals surface area contributed by atoms with Gasteiger partial charge in [-0.05, 0) is 66.2 Å². The van der Waals surface area contributed by atoms with E-state index in [-0.39, 0.29) is 24.6 Å². The minimum absolute atomic E-state index is 0.164. The molecule has 3 aromatic carbocycles. The van der Waals surface area contributed by atoms with Crippen LogP contribution in [0.2, 0.25) is 0 Å². The fraction of sp³-hybridized carbons (Fsp3) is 0.154. The van der Waals surface area contributed by atoms with Crippen molar-refractivity contribution < 1.29 is 28.6 Å². The zero-order chi connectivity index (χ0) is 22.9. The molecule has 0 aromatic heterocycles. The predicted molar refractivity (Wildman–Crippen MR) is 117 cm³/mol. The number of rotatable bonds is 8. The van der Waals surface area contributed by atoms with E-state index in [0.717, 1.165) is 11.1 Å². The molecular formula is C26H21FO5. The highest BCUT2D eigenvalue weighted by molar-refractivity contribution is 6.09. The second-order valence-corrected chi connectivity index (χ2v) is 6.91. The molecule has 0 heterocycles. The van der Waals surface area contributed by atoms with Gasteiger partial charge in [0.15, 0.2) is 11.9 Å². The zero-order valence-corrected chi connectivity index (χ0v) is 17.4. The Balaban J connectivity index is 1.52. The number of hydrogen-bond donors (Lipinski definition) is 1. The fourth-order valence-electron chi connectivity index (χ4n) is 2.94. The van der Waals surface area contributed by atoms with Gasteiger partial charge in [0, 0.05) is 30.2 Å². The van der Waals surface area contributed by atoms with E-state index in [0.29, 0.717) is 16.9 Å². The van der Waals surface area contributed by atoms with Gasteiger partial charge in [-0.1, -0.05) is 24.0 Å². The van der Waals surface area contributed by atoms with Crippen molar-refractivity contribution in [1.82, 2.24) is 0 Å². The first kappa shape index (κ1) is 22.7. The minimum Gasteiger partial charge on any atom is -0.481 e. The van der Waals surface area contributed by atoms with Crippen LogP contribution in [-0.2, 0) is 16.0 Å². The third kappa shape index (κ3) is 6.27. The number of ketones is 1. The van der Waals surface area contributed by atoms with Crippen LogP contribution in [0.25, 0.3) is 0 Å². The van der Waals surface area contributed by atoms with Crippen LogP contribution in [0.1, 0.15) is 27.0 Å². The first-order valence-corrected chi connectivity index (χ1v) is 9.83. The first-order chi connectivity index (χ1) is 15.5. The van der Waals surface area contributed by atoms with Crippen LogP contribution in [-0.4, -0.2) is 36.7 Å². The van der Waals surface area contributed by atoms with Crippen molar-refractivity contribution in [1.29, 1.82) is 0 Å². The van der Waals surface area contributed by atoms with Crippen LogP contribution in [0.5, 0.6) is 5.75 Å². The van der Waals surface area contributed by atoms with E-state index in [4.69, 9.17) is 14.6 Å². The van der Waals surface area contributed by atoms with Crippen LogP contribution >= 0.6 is 0 Å². The lowest BCUT2D eigenvalue weighted by Gasteiger charge is -2.10. The number of methoxy groups -OCH3 is 1. The van der Waals surface area contributed by atoms with Gasteiger partial charge < -0.3 is 14.6 Å². The lowest BCUT2D eigenvalue weighted by molar-refractivity contribution is -0.148. The van der Waals surface area contributed by atoms with E-state index < -0.39 is 12.1 Å². The number of aliphatic carboxylic acids is 1. The van der Waals surface area contributed by atoms with Crippen molar-refractivity contribution in [2.75, 3.05) is 13.7 Å². The monoisotopic (exact) mass is 432 g/mol. The van der Waals surface area contributed by atoms with E-state index >= 15 is 0 Å². The molecule has 5 nitrogen and oxygen atoms in total. The highest BCUT2D eigenvalue weighted by atomic mass is 19.1. The largest absolute Gasteiger partial charge is 0.481 e. The number of halogens is 1. The molecule has 0 bridgehead atoms. The molecule has 0 aliphatic carbocycles. The third-order valence-electron chi connectivity index (χ3n) is 4.70. The maximum atomic E-state index is 13.0.